The van der Waals surface area contributed by atoms with Crippen molar-refractivity contribution in [2.45, 2.75) is 48.1 Å². The molecule has 0 saturated carbocycles. The van der Waals surface area contributed by atoms with Gasteiger partial charge in [0.15, 0.2) is 0 Å². The first-order chi connectivity index (χ1) is 8.24. The van der Waals surface area contributed by atoms with E-state index in [4.69, 9.17) is 10.2 Å². The van der Waals surface area contributed by atoms with Gasteiger partial charge in [-0.2, -0.15) is 0 Å². The predicted octanol–water partition coefficient (Wildman–Crippen LogP) is 4.56. The molecule has 1 heterocycles. The molecule has 0 amide bonds. The van der Waals surface area contributed by atoms with Gasteiger partial charge in [-0.15, -0.1) is 0 Å². The van der Waals surface area contributed by atoms with Crippen LogP contribution >= 0.6 is 0 Å². The fourth-order valence-corrected chi connectivity index (χ4v) is 1.81. The molecule has 0 spiro atoms. The standard InChI is InChI=1S/C11H13NO.2C2H6/c1-7-5-8(2)11-9(3-4-13-11)10(7)6-12;2*1-2/h3-5H,6,12H2,1-2H3;2*1-2H3. The third-order valence-electron chi connectivity index (χ3n) is 2.46. The van der Waals surface area contributed by atoms with E-state index < -0.39 is 0 Å². The number of rotatable bonds is 1. The lowest BCUT2D eigenvalue weighted by molar-refractivity contribution is 0.613. The fraction of sp³-hybridized carbons (Fsp3) is 0.467. The molecule has 0 bridgehead atoms. The molecule has 0 aliphatic heterocycles. The molecular weight excluding hydrogens is 210 g/mol. The Morgan fingerprint density at radius 3 is 2.18 bits per heavy atom. The summed E-state index contributed by atoms with van der Waals surface area (Å²) in [6.45, 7) is 12.7. The molecule has 0 aliphatic rings. The third-order valence-corrected chi connectivity index (χ3v) is 2.46. The molecule has 0 atom stereocenters. The third kappa shape index (κ3) is 3.34. The van der Waals surface area contributed by atoms with Gasteiger partial charge in [-0.3, -0.25) is 0 Å². The Bertz CT molecular complexity index is 443. The molecule has 1 aromatic heterocycles. The molecular formula is C15H25NO. The van der Waals surface area contributed by atoms with Crippen LogP contribution in [0.25, 0.3) is 11.0 Å². The van der Waals surface area contributed by atoms with E-state index in [9.17, 15) is 0 Å². The number of furan rings is 1. The van der Waals surface area contributed by atoms with Crippen LogP contribution in [0.3, 0.4) is 0 Å². The SMILES string of the molecule is CC.CC.Cc1cc(C)c2occc2c1CN. The predicted molar refractivity (Wildman–Crippen MR) is 76.3 cm³/mol. The number of nitrogens with two attached hydrogens (primary N) is 1. The topological polar surface area (TPSA) is 39.2 Å². The second-order valence-electron chi connectivity index (χ2n) is 3.36. The second kappa shape index (κ2) is 7.91. The van der Waals surface area contributed by atoms with Gasteiger partial charge in [0.2, 0.25) is 0 Å². The van der Waals surface area contributed by atoms with Crippen molar-refractivity contribution in [3.63, 3.8) is 0 Å². The first-order valence-corrected chi connectivity index (χ1v) is 6.40. The van der Waals surface area contributed by atoms with Gasteiger partial charge in [0.05, 0.1) is 6.26 Å². The van der Waals surface area contributed by atoms with Crippen LogP contribution in [0.15, 0.2) is 22.8 Å². The van der Waals surface area contributed by atoms with Crippen molar-refractivity contribution in [2.75, 3.05) is 0 Å². The molecule has 0 radical (unpaired) electrons. The van der Waals surface area contributed by atoms with Gasteiger partial charge >= 0.3 is 0 Å². The van der Waals surface area contributed by atoms with E-state index in [2.05, 4.69) is 19.9 Å². The Labute approximate surface area is 105 Å². The lowest BCUT2D eigenvalue weighted by atomic mass is 10.0. The summed E-state index contributed by atoms with van der Waals surface area (Å²) in [6.07, 6.45) is 1.72. The Kier molecular flexibility index (Phi) is 7.31. The molecule has 2 rings (SSSR count). The summed E-state index contributed by atoms with van der Waals surface area (Å²) < 4.78 is 5.39. The van der Waals surface area contributed by atoms with Crippen molar-refractivity contribution in [3.05, 3.63) is 35.1 Å². The van der Waals surface area contributed by atoms with E-state index >= 15 is 0 Å². The molecule has 1 aromatic carbocycles. The van der Waals surface area contributed by atoms with Gasteiger partial charge in [0.1, 0.15) is 5.58 Å². The summed E-state index contributed by atoms with van der Waals surface area (Å²) >= 11 is 0. The molecule has 2 nitrogen and oxygen atoms in total. The van der Waals surface area contributed by atoms with E-state index in [1.54, 1.807) is 6.26 Å². The summed E-state index contributed by atoms with van der Waals surface area (Å²) in [5.41, 5.74) is 10.3. The van der Waals surface area contributed by atoms with Crippen molar-refractivity contribution in [2.24, 2.45) is 5.73 Å². The molecule has 17 heavy (non-hydrogen) atoms. The highest BCUT2D eigenvalue weighted by atomic mass is 16.3. The average molecular weight is 235 g/mol. The molecule has 0 fully saturated rings. The van der Waals surface area contributed by atoms with Crippen molar-refractivity contribution in [1.82, 2.24) is 0 Å². The minimum atomic E-state index is 0.572. The smallest absolute Gasteiger partial charge is 0.137 e. The van der Waals surface area contributed by atoms with E-state index in [-0.39, 0.29) is 0 Å². The Hall–Kier alpha value is -1.28. The van der Waals surface area contributed by atoms with Crippen LogP contribution in [0.2, 0.25) is 0 Å². The van der Waals surface area contributed by atoms with Crippen LogP contribution in [0, 0.1) is 13.8 Å². The van der Waals surface area contributed by atoms with Gasteiger partial charge in [0, 0.05) is 11.9 Å². The van der Waals surface area contributed by atoms with Gasteiger partial charge < -0.3 is 10.2 Å². The average Bonchev–Trinajstić information content (AvgIpc) is 2.84. The van der Waals surface area contributed by atoms with Crippen LogP contribution in [0.5, 0.6) is 0 Å². The second-order valence-corrected chi connectivity index (χ2v) is 3.36. The van der Waals surface area contributed by atoms with Gasteiger partial charge in [-0.05, 0) is 36.6 Å². The van der Waals surface area contributed by atoms with Crippen LogP contribution in [-0.2, 0) is 6.54 Å². The lowest BCUT2D eigenvalue weighted by Gasteiger charge is -2.05. The number of hydrogen-bond acceptors (Lipinski definition) is 2. The Balaban J connectivity index is 0.000000581. The number of fused-ring (bicyclic) bond motifs is 1. The number of hydrogen-bond donors (Lipinski definition) is 1. The minimum absolute atomic E-state index is 0.572. The van der Waals surface area contributed by atoms with E-state index in [1.807, 2.05) is 33.8 Å². The maximum atomic E-state index is 5.68. The number of benzene rings is 1. The summed E-state index contributed by atoms with van der Waals surface area (Å²) in [5.74, 6) is 0. The molecule has 2 heteroatoms. The zero-order valence-electron chi connectivity index (χ0n) is 11.9. The van der Waals surface area contributed by atoms with E-state index in [1.165, 1.54) is 16.7 Å². The highest BCUT2D eigenvalue weighted by Gasteiger charge is 2.07. The van der Waals surface area contributed by atoms with Crippen molar-refractivity contribution in [3.8, 4) is 0 Å². The largest absolute Gasteiger partial charge is 0.464 e. The lowest BCUT2D eigenvalue weighted by Crippen LogP contribution is -2.00. The fourth-order valence-electron chi connectivity index (χ4n) is 1.81. The monoisotopic (exact) mass is 235 g/mol. The van der Waals surface area contributed by atoms with Gasteiger partial charge in [-0.25, -0.2) is 0 Å². The maximum absolute atomic E-state index is 5.68. The van der Waals surface area contributed by atoms with Crippen LogP contribution in [0.4, 0.5) is 0 Å². The minimum Gasteiger partial charge on any atom is -0.464 e. The summed E-state index contributed by atoms with van der Waals surface area (Å²) in [4.78, 5) is 0. The molecule has 0 unspecified atom stereocenters. The first-order valence-electron chi connectivity index (χ1n) is 6.40. The quantitative estimate of drug-likeness (QED) is 0.787. The van der Waals surface area contributed by atoms with Gasteiger partial charge in [-0.1, -0.05) is 33.8 Å². The van der Waals surface area contributed by atoms with Crippen LogP contribution in [0.1, 0.15) is 44.4 Å². The Morgan fingerprint density at radius 1 is 1.06 bits per heavy atom. The van der Waals surface area contributed by atoms with Crippen molar-refractivity contribution in [1.29, 1.82) is 0 Å². The molecule has 0 saturated heterocycles. The zero-order chi connectivity index (χ0) is 13.4. The van der Waals surface area contributed by atoms with E-state index in [0.29, 0.717) is 6.54 Å². The normalized spacial score (nSPS) is 9.12. The highest BCUT2D eigenvalue weighted by Crippen LogP contribution is 2.26. The first kappa shape index (κ1) is 15.7. The molecule has 0 aliphatic carbocycles. The van der Waals surface area contributed by atoms with Crippen molar-refractivity contribution >= 4 is 11.0 Å². The molecule has 2 N–H and O–H groups in total. The highest BCUT2D eigenvalue weighted by molar-refractivity contribution is 5.84. The Morgan fingerprint density at radius 2 is 1.65 bits per heavy atom. The number of aryl methyl sites for hydroxylation is 2. The van der Waals surface area contributed by atoms with Crippen LogP contribution < -0.4 is 5.73 Å². The van der Waals surface area contributed by atoms with Crippen LogP contribution in [-0.4, -0.2) is 0 Å². The van der Waals surface area contributed by atoms with Crippen molar-refractivity contribution < 1.29 is 4.42 Å². The maximum Gasteiger partial charge on any atom is 0.137 e. The molecule has 2 aromatic rings. The summed E-state index contributed by atoms with van der Waals surface area (Å²) in [6, 6.07) is 4.10. The molecule has 96 valence electrons. The zero-order valence-corrected chi connectivity index (χ0v) is 11.9. The van der Waals surface area contributed by atoms with E-state index in [0.717, 1.165) is 11.0 Å². The summed E-state index contributed by atoms with van der Waals surface area (Å²) in [5, 5.41) is 1.15. The summed E-state index contributed by atoms with van der Waals surface area (Å²) in [7, 11) is 0. The van der Waals surface area contributed by atoms with Gasteiger partial charge in [0.25, 0.3) is 0 Å².